The van der Waals surface area contributed by atoms with Gasteiger partial charge in [0.15, 0.2) is 0 Å². The average Bonchev–Trinajstić information content (AvgIpc) is 3.34. The third-order valence-corrected chi connectivity index (χ3v) is 6.62. The number of anilines is 2. The molecule has 0 bridgehead atoms. The Kier molecular flexibility index (Phi) is 6.28. The van der Waals surface area contributed by atoms with Crippen LogP contribution in [0, 0.1) is 12.8 Å². The van der Waals surface area contributed by atoms with E-state index in [-0.39, 0.29) is 6.61 Å². The second-order valence-electron chi connectivity index (χ2n) is 7.63. The van der Waals surface area contributed by atoms with Gasteiger partial charge in [-0.05, 0) is 49.6 Å². The minimum Gasteiger partial charge on any atom is -0.396 e. The number of hydrogen-bond acceptors (Lipinski definition) is 7. The normalized spacial score (nSPS) is 19.0. The molecule has 1 saturated carbocycles. The van der Waals surface area contributed by atoms with E-state index in [1.807, 2.05) is 6.92 Å². The van der Waals surface area contributed by atoms with Crippen molar-refractivity contribution in [2.75, 3.05) is 37.5 Å². The van der Waals surface area contributed by atoms with Gasteiger partial charge in [-0.2, -0.15) is 4.98 Å². The van der Waals surface area contributed by atoms with Gasteiger partial charge in [-0.1, -0.05) is 18.2 Å². The standard InChI is InChI=1S/C22H28N4O2S/c1-14-20(19-12-16-5-3-4-6-18(16)29-19)21(25-17-8-7-15(11-17)13-27)26-22(24-14)23-9-10-28-2/h3-6,12,15,17,27H,7-11,13H2,1-2H3,(H2,23,24,25,26). The number of aliphatic hydroxyl groups excluding tert-OH is 1. The van der Waals surface area contributed by atoms with E-state index in [1.165, 1.54) is 15.0 Å². The molecule has 1 fully saturated rings. The van der Waals surface area contributed by atoms with E-state index >= 15 is 0 Å². The molecule has 154 valence electrons. The molecule has 6 nitrogen and oxygen atoms in total. The lowest BCUT2D eigenvalue weighted by Gasteiger charge is -2.18. The number of hydrogen-bond donors (Lipinski definition) is 3. The van der Waals surface area contributed by atoms with Crippen molar-refractivity contribution in [1.29, 1.82) is 0 Å². The van der Waals surface area contributed by atoms with Crippen LogP contribution in [0.5, 0.6) is 0 Å². The number of thiophene rings is 1. The average molecular weight is 413 g/mol. The third-order valence-electron chi connectivity index (χ3n) is 5.49. The predicted molar refractivity (Wildman–Crippen MR) is 120 cm³/mol. The molecule has 2 heterocycles. The molecule has 7 heteroatoms. The molecule has 0 saturated heterocycles. The van der Waals surface area contributed by atoms with Gasteiger partial charge in [0.05, 0.1) is 17.9 Å². The molecule has 1 aliphatic rings. The third kappa shape index (κ3) is 4.52. The number of methoxy groups -OCH3 is 1. The van der Waals surface area contributed by atoms with Crippen molar-refractivity contribution in [3.63, 3.8) is 0 Å². The van der Waals surface area contributed by atoms with Gasteiger partial charge in [-0.25, -0.2) is 4.98 Å². The molecule has 0 aliphatic heterocycles. The van der Waals surface area contributed by atoms with Gasteiger partial charge >= 0.3 is 0 Å². The molecule has 29 heavy (non-hydrogen) atoms. The maximum absolute atomic E-state index is 9.50. The Bertz CT molecular complexity index is 942. The van der Waals surface area contributed by atoms with Crippen LogP contribution in [-0.4, -0.2) is 48.0 Å². The number of ether oxygens (including phenoxy) is 1. The summed E-state index contributed by atoms with van der Waals surface area (Å²) in [6.45, 7) is 3.56. The molecule has 0 radical (unpaired) electrons. The van der Waals surface area contributed by atoms with Crippen molar-refractivity contribution in [2.45, 2.75) is 32.2 Å². The van der Waals surface area contributed by atoms with E-state index < -0.39 is 0 Å². The molecular formula is C22H28N4O2S. The summed E-state index contributed by atoms with van der Waals surface area (Å²) >= 11 is 1.77. The van der Waals surface area contributed by atoms with Gasteiger partial charge in [-0.3, -0.25) is 0 Å². The zero-order chi connectivity index (χ0) is 20.2. The Morgan fingerprint density at radius 2 is 2.10 bits per heavy atom. The number of nitrogens with one attached hydrogen (secondary N) is 2. The van der Waals surface area contributed by atoms with Crippen molar-refractivity contribution in [1.82, 2.24) is 9.97 Å². The summed E-state index contributed by atoms with van der Waals surface area (Å²) in [6.07, 6.45) is 3.07. The number of aromatic nitrogens is 2. The van der Waals surface area contributed by atoms with Crippen molar-refractivity contribution in [2.24, 2.45) is 5.92 Å². The highest BCUT2D eigenvalue weighted by molar-refractivity contribution is 7.22. The van der Waals surface area contributed by atoms with Crippen LogP contribution in [0.4, 0.5) is 11.8 Å². The van der Waals surface area contributed by atoms with Crippen molar-refractivity contribution in [3.8, 4) is 10.4 Å². The van der Waals surface area contributed by atoms with Crippen LogP contribution in [0.25, 0.3) is 20.5 Å². The lowest BCUT2D eigenvalue weighted by Crippen LogP contribution is -2.19. The van der Waals surface area contributed by atoms with Gasteiger partial charge in [0, 0.05) is 35.9 Å². The number of nitrogens with zero attached hydrogens (tertiary/aromatic N) is 2. The number of fused-ring (bicyclic) bond motifs is 1. The van der Waals surface area contributed by atoms with Gasteiger partial charge in [-0.15, -0.1) is 11.3 Å². The quantitative estimate of drug-likeness (QED) is 0.479. The first kappa shape index (κ1) is 20.1. The molecule has 0 spiro atoms. The van der Waals surface area contributed by atoms with Crippen molar-refractivity contribution < 1.29 is 9.84 Å². The predicted octanol–water partition coefficient (Wildman–Crippen LogP) is 4.30. The van der Waals surface area contributed by atoms with E-state index in [0.29, 0.717) is 31.1 Å². The summed E-state index contributed by atoms with van der Waals surface area (Å²) in [5, 5.41) is 17.7. The number of rotatable bonds is 8. The largest absolute Gasteiger partial charge is 0.396 e. The monoisotopic (exact) mass is 412 g/mol. The molecule has 2 unspecified atom stereocenters. The van der Waals surface area contributed by atoms with E-state index in [0.717, 1.165) is 36.3 Å². The van der Waals surface area contributed by atoms with Crippen LogP contribution in [0.1, 0.15) is 25.0 Å². The summed E-state index contributed by atoms with van der Waals surface area (Å²) < 4.78 is 6.39. The van der Waals surface area contributed by atoms with Crippen molar-refractivity contribution >= 4 is 33.2 Å². The molecule has 0 amide bonds. The first-order valence-corrected chi connectivity index (χ1v) is 11.0. The highest BCUT2D eigenvalue weighted by Crippen LogP contribution is 2.39. The highest BCUT2D eigenvalue weighted by atomic mass is 32.1. The second kappa shape index (κ2) is 9.07. The minimum atomic E-state index is 0.258. The fraction of sp³-hybridized carbons (Fsp3) is 0.455. The fourth-order valence-electron chi connectivity index (χ4n) is 3.99. The SMILES string of the molecule is COCCNc1nc(C)c(-c2cc3ccccc3s2)c(NC2CCC(CO)C2)n1. The molecule has 1 aromatic carbocycles. The van der Waals surface area contributed by atoms with Crippen LogP contribution < -0.4 is 10.6 Å². The fourth-order valence-corrected chi connectivity index (χ4v) is 5.15. The summed E-state index contributed by atoms with van der Waals surface area (Å²) in [6, 6.07) is 11.0. The van der Waals surface area contributed by atoms with E-state index in [4.69, 9.17) is 14.7 Å². The Balaban J connectivity index is 1.69. The first-order chi connectivity index (χ1) is 14.2. The maximum Gasteiger partial charge on any atom is 0.224 e. The molecule has 2 aromatic heterocycles. The summed E-state index contributed by atoms with van der Waals surface area (Å²) in [5.41, 5.74) is 2.02. The smallest absolute Gasteiger partial charge is 0.224 e. The van der Waals surface area contributed by atoms with E-state index in [1.54, 1.807) is 18.4 Å². The highest BCUT2D eigenvalue weighted by Gasteiger charge is 2.26. The minimum absolute atomic E-state index is 0.258. The van der Waals surface area contributed by atoms with Gasteiger partial charge in [0.1, 0.15) is 5.82 Å². The number of aliphatic hydroxyl groups is 1. The number of aryl methyl sites for hydroxylation is 1. The molecule has 4 rings (SSSR count). The van der Waals surface area contributed by atoms with Gasteiger partial charge in [0.25, 0.3) is 0 Å². The molecule has 1 aliphatic carbocycles. The zero-order valence-corrected chi connectivity index (χ0v) is 17.8. The van der Waals surface area contributed by atoms with Gasteiger partial charge < -0.3 is 20.5 Å². The van der Waals surface area contributed by atoms with Crippen LogP contribution in [-0.2, 0) is 4.74 Å². The Hall–Kier alpha value is -2.22. The van der Waals surface area contributed by atoms with E-state index in [2.05, 4.69) is 41.0 Å². The van der Waals surface area contributed by atoms with Crippen LogP contribution in [0.2, 0.25) is 0 Å². The zero-order valence-electron chi connectivity index (χ0n) is 16.9. The van der Waals surface area contributed by atoms with Crippen LogP contribution in [0.15, 0.2) is 30.3 Å². The maximum atomic E-state index is 9.50. The topological polar surface area (TPSA) is 79.3 Å². The molecule has 3 aromatic rings. The first-order valence-electron chi connectivity index (χ1n) is 10.2. The van der Waals surface area contributed by atoms with Gasteiger partial charge in [0.2, 0.25) is 5.95 Å². The van der Waals surface area contributed by atoms with E-state index in [9.17, 15) is 5.11 Å². The van der Waals surface area contributed by atoms with Crippen molar-refractivity contribution in [3.05, 3.63) is 36.0 Å². The molecule has 2 atom stereocenters. The Labute approximate surface area is 175 Å². The lowest BCUT2D eigenvalue weighted by molar-refractivity contribution is 0.210. The lowest BCUT2D eigenvalue weighted by atomic mass is 10.1. The summed E-state index contributed by atoms with van der Waals surface area (Å²) in [7, 11) is 1.68. The Morgan fingerprint density at radius 3 is 2.86 bits per heavy atom. The Morgan fingerprint density at radius 1 is 1.24 bits per heavy atom. The summed E-state index contributed by atoms with van der Waals surface area (Å²) in [5.74, 6) is 1.86. The number of benzene rings is 1. The molecular weight excluding hydrogens is 384 g/mol. The van der Waals surface area contributed by atoms with Crippen LogP contribution in [0.3, 0.4) is 0 Å². The summed E-state index contributed by atoms with van der Waals surface area (Å²) in [4.78, 5) is 10.7. The molecule has 3 N–H and O–H groups in total. The second-order valence-corrected chi connectivity index (χ2v) is 8.71. The van der Waals surface area contributed by atoms with Crippen LogP contribution >= 0.6 is 11.3 Å².